The van der Waals surface area contributed by atoms with Crippen LogP contribution in [0.1, 0.15) is 22.2 Å². The number of aromatic nitrogens is 4. The number of esters is 1. The zero-order valence-corrected chi connectivity index (χ0v) is 18.8. The molecule has 0 spiro atoms. The summed E-state index contributed by atoms with van der Waals surface area (Å²) in [7, 11) is 0. The summed E-state index contributed by atoms with van der Waals surface area (Å²) >= 11 is 4.07. The number of thiophene rings is 2. The van der Waals surface area contributed by atoms with Gasteiger partial charge in [-0.05, 0) is 40.9 Å². The highest BCUT2D eigenvalue weighted by atomic mass is 32.2. The van der Waals surface area contributed by atoms with Gasteiger partial charge < -0.3 is 14.5 Å². The van der Waals surface area contributed by atoms with Gasteiger partial charge in [0, 0.05) is 15.8 Å². The number of nitrogens with zero attached hydrogens (tertiary/aromatic N) is 4. The summed E-state index contributed by atoms with van der Waals surface area (Å²) in [4.78, 5) is 26.2. The van der Waals surface area contributed by atoms with Crippen molar-refractivity contribution in [2.45, 2.75) is 18.6 Å². The molecule has 9 nitrogen and oxygen atoms in total. The van der Waals surface area contributed by atoms with E-state index >= 15 is 0 Å². The lowest BCUT2D eigenvalue weighted by molar-refractivity contribution is -0.113. The first-order valence-electron chi connectivity index (χ1n) is 9.19. The summed E-state index contributed by atoms with van der Waals surface area (Å²) in [6, 6.07) is 7.44. The Morgan fingerprint density at radius 2 is 2.19 bits per heavy atom. The van der Waals surface area contributed by atoms with Crippen LogP contribution in [0.15, 0.2) is 50.9 Å². The third-order valence-corrected chi connectivity index (χ3v) is 6.74. The molecule has 0 aromatic carbocycles. The Morgan fingerprint density at radius 1 is 1.29 bits per heavy atom. The number of tetrazole rings is 1. The van der Waals surface area contributed by atoms with Crippen LogP contribution >= 0.6 is 34.4 Å². The van der Waals surface area contributed by atoms with Crippen molar-refractivity contribution >= 4 is 51.3 Å². The molecule has 4 aromatic rings. The number of nitrogens with one attached hydrogen (secondary N) is 1. The normalized spacial score (nSPS) is 10.9. The highest BCUT2D eigenvalue weighted by Gasteiger charge is 2.24. The summed E-state index contributed by atoms with van der Waals surface area (Å²) in [5.41, 5.74) is 0.860. The summed E-state index contributed by atoms with van der Waals surface area (Å²) in [6.07, 6.45) is 1.53. The molecule has 0 radical (unpaired) electrons. The number of thioether (sulfide) groups is 1. The van der Waals surface area contributed by atoms with Gasteiger partial charge in [0.05, 0.1) is 25.2 Å². The number of carbonyl (C=O) groups is 2. The molecule has 0 bridgehead atoms. The Labute approximate surface area is 189 Å². The summed E-state index contributed by atoms with van der Waals surface area (Å²) in [6.45, 7) is 2.49. The van der Waals surface area contributed by atoms with Crippen LogP contribution in [0.4, 0.5) is 5.00 Å². The van der Waals surface area contributed by atoms with E-state index in [9.17, 15) is 9.59 Å². The van der Waals surface area contributed by atoms with Gasteiger partial charge in [-0.1, -0.05) is 17.8 Å². The topological polar surface area (TPSA) is 112 Å². The van der Waals surface area contributed by atoms with Crippen LogP contribution in [-0.2, 0) is 16.1 Å². The molecule has 0 aliphatic carbocycles. The van der Waals surface area contributed by atoms with Gasteiger partial charge in [0.1, 0.15) is 16.3 Å². The molecule has 0 saturated carbocycles. The lowest BCUT2D eigenvalue weighted by atomic mass is 10.1. The second kappa shape index (κ2) is 9.90. The zero-order chi connectivity index (χ0) is 21.6. The SMILES string of the molecule is CCOC(=O)c1c(-c2ccco2)csc1NC(=O)CSc1nnnn1Cc1cccs1. The molecule has 0 aliphatic rings. The van der Waals surface area contributed by atoms with E-state index in [1.54, 1.807) is 40.5 Å². The number of furan rings is 1. The molecule has 31 heavy (non-hydrogen) atoms. The lowest BCUT2D eigenvalue weighted by Gasteiger charge is -2.08. The Kier molecular flexibility index (Phi) is 6.79. The fourth-order valence-corrected chi connectivity index (χ4v) is 5.03. The average Bonchev–Trinajstić information content (AvgIpc) is 3.54. The quantitative estimate of drug-likeness (QED) is 0.285. The van der Waals surface area contributed by atoms with Gasteiger partial charge in [0.25, 0.3) is 0 Å². The molecule has 0 atom stereocenters. The van der Waals surface area contributed by atoms with Gasteiger partial charge in [-0.15, -0.1) is 27.8 Å². The maximum atomic E-state index is 12.6. The van der Waals surface area contributed by atoms with Crippen molar-refractivity contribution in [1.29, 1.82) is 0 Å². The fraction of sp³-hybridized carbons (Fsp3) is 0.211. The number of rotatable bonds is 9. The molecule has 4 heterocycles. The summed E-state index contributed by atoms with van der Waals surface area (Å²) in [5, 5.41) is 19.2. The van der Waals surface area contributed by atoms with Crippen molar-refractivity contribution in [3.63, 3.8) is 0 Å². The summed E-state index contributed by atoms with van der Waals surface area (Å²) < 4.78 is 12.2. The van der Waals surface area contributed by atoms with Crippen LogP contribution in [-0.4, -0.2) is 44.4 Å². The first-order chi connectivity index (χ1) is 15.2. The van der Waals surface area contributed by atoms with Crippen LogP contribution < -0.4 is 5.32 Å². The van der Waals surface area contributed by atoms with Crippen LogP contribution in [0.5, 0.6) is 0 Å². The van der Waals surface area contributed by atoms with Gasteiger partial charge in [-0.25, -0.2) is 9.48 Å². The van der Waals surface area contributed by atoms with Crippen molar-refractivity contribution in [2.75, 3.05) is 17.7 Å². The second-order valence-corrected chi connectivity index (χ2v) is 8.94. The largest absolute Gasteiger partial charge is 0.464 e. The molecule has 0 saturated heterocycles. The van der Waals surface area contributed by atoms with Gasteiger partial charge in [0.15, 0.2) is 0 Å². The first kappa shape index (κ1) is 21.3. The van der Waals surface area contributed by atoms with Crippen molar-refractivity contribution in [2.24, 2.45) is 0 Å². The number of hydrogen-bond donors (Lipinski definition) is 1. The minimum Gasteiger partial charge on any atom is -0.464 e. The molecule has 4 aromatic heterocycles. The van der Waals surface area contributed by atoms with E-state index in [2.05, 4.69) is 20.8 Å². The van der Waals surface area contributed by atoms with Gasteiger partial charge in [0.2, 0.25) is 11.1 Å². The van der Waals surface area contributed by atoms with E-state index in [0.29, 0.717) is 28.0 Å². The fourth-order valence-electron chi connectivity index (χ4n) is 2.71. The maximum Gasteiger partial charge on any atom is 0.341 e. The number of hydrogen-bond acceptors (Lipinski definition) is 10. The first-order valence-corrected chi connectivity index (χ1v) is 11.9. The Balaban J connectivity index is 1.45. The van der Waals surface area contributed by atoms with Crippen LogP contribution in [0.25, 0.3) is 11.3 Å². The predicted molar refractivity (Wildman–Crippen MR) is 119 cm³/mol. The van der Waals surface area contributed by atoms with Gasteiger partial charge in [-0.3, -0.25) is 4.79 Å². The third kappa shape index (κ3) is 5.03. The van der Waals surface area contributed by atoms with Gasteiger partial charge >= 0.3 is 5.97 Å². The minimum absolute atomic E-state index is 0.0844. The highest BCUT2D eigenvalue weighted by molar-refractivity contribution is 7.99. The van der Waals surface area contributed by atoms with E-state index in [0.717, 1.165) is 4.88 Å². The van der Waals surface area contributed by atoms with E-state index in [1.165, 1.54) is 29.4 Å². The van der Waals surface area contributed by atoms with E-state index in [4.69, 9.17) is 9.15 Å². The van der Waals surface area contributed by atoms with E-state index in [1.807, 2.05) is 17.5 Å². The Morgan fingerprint density at radius 3 is 2.94 bits per heavy atom. The molecule has 4 rings (SSSR count). The van der Waals surface area contributed by atoms with Crippen molar-refractivity contribution < 1.29 is 18.7 Å². The smallest absolute Gasteiger partial charge is 0.341 e. The molecule has 1 amide bonds. The second-order valence-electron chi connectivity index (χ2n) is 6.09. The minimum atomic E-state index is -0.516. The average molecular weight is 476 g/mol. The van der Waals surface area contributed by atoms with Crippen molar-refractivity contribution in [3.05, 3.63) is 51.7 Å². The van der Waals surface area contributed by atoms with Crippen LogP contribution in [0.3, 0.4) is 0 Å². The van der Waals surface area contributed by atoms with Crippen molar-refractivity contribution in [3.8, 4) is 11.3 Å². The standard InChI is InChI=1S/C19H17N5O4S3/c1-2-27-18(26)16-13(14-6-3-7-28-14)10-30-17(16)20-15(25)11-31-19-21-22-23-24(19)9-12-5-4-8-29-12/h3-8,10H,2,9,11H2,1H3,(H,20,25). The molecular weight excluding hydrogens is 458 g/mol. The maximum absolute atomic E-state index is 12.6. The lowest BCUT2D eigenvalue weighted by Crippen LogP contribution is -2.17. The Bertz CT molecular complexity index is 1150. The van der Waals surface area contributed by atoms with Crippen LogP contribution in [0.2, 0.25) is 0 Å². The molecule has 12 heteroatoms. The number of anilines is 1. The monoisotopic (exact) mass is 475 g/mol. The molecule has 1 N–H and O–H groups in total. The zero-order valence-electron chi connectivity index (χ0n) is 16.3. The molecule has 160 valence electrons. The van der Waals surface area contributed by atoms with E-state index in [-0.39, 0.29) is 23.8 Å². The van der Waals surface area contributed by atoms with Gasteiger partial charge in [-0.2, -0.15) is 0 Å². The highest BCUT2D eigenvalue weighted by Crippen LogP contribution is 2.36. The number of carbonyl (C=O) groups excluding carboxylic acids is 2. The summed E-state index contributed by atoms with van der Waals surface area (Å²) in [5.74, 6) is -0.185. The van der Waals surface area contributed by atoms with Crippen LogP contribution in [0, 0.1) is 0 Å². The molecule has 0 aliphatic heterocycles. The predicted octanol–water partition coefficient (Wildman–Crippen LogP) is 4.01. The third-order valence-electron chi connectivity index (χ3n) is 4.03. The Hall–Kier alpha value is -2.96. The number of ether oxygens (including phenoxy) is 1. The molecular formula is C19H17N5O4S3. The molecule has 0 fully saturated rings. The van der Waals surface area contributed by atoms with E-state index < -0.39 is 5.97 Å². The molecule has 0 unspecified atom stereocenters. The van der Waals surface area contributed by atoms with Crippen molar-refractivity contribution in [1.82, 2.24) is 20.2 Å². The number of amides is 1.